The Bertz CT molecular complexity index is 855. The number of methoxy groups -OCH3 is 1. The van der Waals surface area contributed by atoms with Crippen LogP contribution in [0.3, 0.4) is 0 Å². The zero-order chi connectivity index (χ0) is 19.5. The van der Waals surface area contributed by atoms with Crippen LogP contribution < -0.4 is 15.6 Å². The Kier molecular flexibility index (Phi) is 5.29. The Balaban J connectivity index is 2.29. The SMILES string of the molecule is COc1cc(C(F)(F)F)cc(C)c1C(=O)NNc1ncccc1[N+](=O)[O-]. The van der Waals surface area contributed by atoms with Crippen molar-refractivity contribution in [3.8, 4) is 5.75 Å². The van der Waals surface area contributed by atoms with Crippen LogP contribution >= 0.6 is 0 Å². The number of pyridine rings is 1. The van der Waals surface area contributed by atoms with Crippen LogP contribution in [-0.2, 0) is 6.18 Å². The van der Waals surface area contributed by atoms with Crippen LogP contribution in [0.2, 0.25) is 0 Å². The van der Waals surface area contributed by atoms with E-state index in [0.717, 1.165) is 13.2 Å². The highest BCUT2D eigenvalue weighted by molar-refractivity contribution is 5.99. The predicted octanol–water partition coefficient (Wildman–Crippen LogP) is 3.08. The number of hydrogen-bond donors (Lipinski definition) is 2. The minimum atomic E-state index is -4.60. The Morgan fingerprint density at radius 2 is 2.04 bits per heavy atom. The molecule has 0 unspecified atom stereocenters. The number of alkyl halides is 3. The van der Waals surface area contributed by atoms with Gasteiger partial charge >= 0.3 is 11.9 Å². The van der Waals surface area contributed by atoms with Crippen LogP contribution in [0.25, 0.3) is 0 Å². The van der Waals surface area contributed by atoms with Crippen LogP contribution in [0.15, 0.2) is 30.5 Å². The van der Waals surface area contributed by atoms with Crippen molar-refractivity contribution in [2.24, 2.45) is 0 Å². The summed E-state index contributed by atoms with van der Waals surface area (Å²) in [4.78, 5) is 26.3. The van der Waals surface area contributed by atoms with E-state index in [2.05, 4.69) is 15.8 Å². The number of nitrogens with one attached hydrogen (secondary N) is 2. The molecule has 0 radical (unpaired) electrons. The van der Waals surface area contributed by atoms with Gasteiger partial charge in [0.05, 0.1) is 23.2 Å². The van der Waals surface area contributed by atoms with Gasteiger partial charge in [-0.1, -0.05) is 0 Å². The first-order valence-electron chi connectivity index (χ1n) is 7.06. The second kappa shape index (κ2) is 7.25. The average Bonchev–Trinajstić information content (AvgIpc) is 2.58. The lowest BCUT2D eigenvalue weighted by Gasteiger charge is -2.16. The van der Waals surface area contributed by atoms with E-state index in [-0.39, 0.29) is 28.4 Å². The number of rotatable bonds is 5. The highest BCUT2D eigenvalue weighted by atomic mass is 19.4. The molecule has 0 atom stereocenters. The number of nitro groups is 1. The number of aryl methyl sites for hydroxylation is 1. The predicted molar refractivity (Wildman–Crippen MR) is 84.7 cm³/mol. The van der Waals surface area contributed by atoms with Crippen LogP contribution in [-0.4, -0.2) is 22.9 Å². The number of carbonyl (C=O) groups is 1. The summed E-state index contributed by atoms with van der Waals surface area (Å²) in [5.41, 5.74) is 2.98. The molecule has 0 fully saturated rings. The van der Waals surface area contributed by atoms with Gasteiger partial charge in [-0.05, 0) is 30.7 Å². The maximum atomic E-state index is 12.9. The molecule has 11 heteroatoms. The van der Waals surface area contributed by atoms with E-state index in [0.29, 0.717) is 6.07 Å². The zero-order valence-corrected chi connectivity index (χ0v) is 13.5. The van der Waals surface area contributed by atoms with Crippen molar-refractivity contribution in [2.45, 2.75) is 13.1 Å². The van der Waals surface area contributed by atoms with Gasteiger partial charge in [0, 0.05) is 12.3 Å². The van der Waals surface area contributed by atoms with Crippen LogP contribution in [0.5, 0.6) is 5.75 Å². The fourth-order valence-electron chi connectivity index (χ4n) is 2.19. The monoisotopic (exact) mass is 370 g/mol. The van der Waals surface area contributed by atoms with Crippen molar-refractivity contribution in [3.63, 3.8) is 0 Å². The minimum Gasteiger partial charge on any atom is -0.496 e. The summed E-state index contributed by atoms with van der Waals surface area (Å²) in [5, 5.41) is 10.9. The van der Waals surface area contributed by atoms with E-state index in [1.807, 2.05) is 0 Å². The molecule has 0 spiro atoms. The van der Waals surface area contributed by atoms with Gasteiger partial charge in [-0.15, -0.1) is 0 Å². The molecule has 1 amide bonds. The summed E-state index contributed by atoms with van der Waals surface area (Å²) in [5.74, 6) is -1.35. The van der Waals surface area contributed by atoms with Crippen LogP contribution in [0.1, 0.15) is 21.5 Å². The molecule has 0 saturated heterocycles. The lowest BCUT2D eigenvalue weighted by molar-refractivity contribution is -0.384. The summed E-state index contributed by atoms with van der Waals surface area (Å²) >= 11 is 0. The summed E-state index contributed by atoms with van der Waals surface area (Å²) in [6.45, 7) is 1.32. The van der Waals surface area contributed by atoms with Crippen molar-refractivity contribution < 1.29 is 27.6 Å². The van der Waals surface area contributed by atoms with Crippen LogP contribution in [0.4, 0.5) is 24.7 Å². The van der Waals surface area contributed by atoms with Crippen molar-refractivity contribution in [1.29, 1.82) is 0 Å². The largest absolute Gasteiger partial charge is 0.496 e. The number of halogens is 3. The summed E-state index contributed by atoms with van der Waals surface area (Å²) in [6.07, 6.45) is -3.33. The quantitative estimate of drug-likeness (QED) is 0.619. The molecule has 2 rings (SSSR count). The number of nitrogens with zero attached hydrogens (tertiary/aromatic N) is 2. The molecule has 138 valence electrons. The van der Waals surface area contributed by atoms with E-state index in [9.17, 15) is 28.1 Å². The van der Waals surface area contributed by atoms with Gasteiger partial charge in [-0.3, -0.25) is 25.8 Å². The smallest absolute Gasteiger partial charge is 0.416 e. The van der Waals surface area contributed by atoms with Crippen LogP contribution in [0, 0.1) is 17.0 Å². The second-order valence-electron chi connectivity index (χ2n) is 5.08. The van der Waals surface area contributed by atoms with Crippen molar-refractivity contribution in [1.82, 2.24) is 10.4 Å². The molecular formula is C15H13F3N4O4. The van der Waals surface area contributed by atoms with Crippen molar-refractivity contribution >= 4 is 17.4 Å². The fraction of sp³-hybridized carbons (Fsp3) is 0.200. The standard InChI is InChI=1S/C15H13F3N4O4/c1-8-6-9(15(16,17)18)7-11(26-2)12(8)14(23)21-20-13-10(22(24)25)4-3-5-19-13/h3-7H,1-2H3,(H,19,20)(H,21,23). The first kappa shape index (κ1) is 19.0. The molecule has 0 bridgehead atoms. The van der Waals surface area contributed by atoms with E-state index in [1.165, 1.54) is 25.3 Å². The lowest BCUT2D eigenvalue weighted by Crippen LogP contribution is -2.31. The Morgan fingerprint density at radius 3 is 2.62 bits per heavy atom. The highest BCUT2D eigenvalue weighted by Gasteiger charge is 2.33. The third kappa shape index (κ3) is 3.99. The summed E-state index contributed by atoms with van der Waals surface area (Å²) in [7, 11) is 1.13. The summed E-state index contributed by atoms with van der Waals surface area (Å²) < 4.78 is 43.5. The normalized spacial score (nSPS) is 11.0. The van der Waals surface area contributed by atoms with Gasteiger partial charge in [0.1, 0.15) is 5.75 Å². The zero-order valence-electron chi connectivity index (χ0n) is 13.5. The Hall–Kier alpha value is -3.37. The molecule has 0 saturated carbocycles. The molecule has 1 aromatic carbocycles. The molecule has 2 aromatic rings. The van der Waals surface area contributed by atoms with Crippen molar-refractivity contribution in [2.75, 3.05) is 12.5 Å². The molecule has 2 N–H and O–H groups in total. The number of hydrogen-bond acceptors (Lipinski definition) is 6. The third-order valence-electron chi connectivity index (χ3n) is 3.35. The van der Waals surface area contributed by atoms with Gasteiger partial charge in [0.2, 0.25) is 5.82 Å². The molecule has 26 heavy (non-hydrogen) atoms. The molecule has 0 aliphatic rings. The lowest BCUT2D eigenvalue weighted by atomic mass is 10.0. The minimum absolute atomic E-state index is 0.0199. The maximum Gasteiger partial charge on any atom is 0.416 e. The highest BCUT2D eigenvalue weighted by Crippen LogP contribution is 2.35. The van der Waals surface area contributed by atoms with E-state index in [1.54, 1.807) is 0 Å². The van der Waals surface area contributed by atoms with Crippen molar-refractivity contribution in [3.05, 3.63) is 57.3 Å². The number of carbonyl (C=O) groups excluding carboxylic acids is 1. The van der Waals surface area contributed by atoms with Gasteiger partial charge in [-0.25, -0.2) is 4.98 Å². The first-order valence-corrected chi connectivity index (χ1v) is 7.06. The third-order valence-corrected chi connectivity index (χ3v) is 3.35. The molecular weight excluding hydrogens is 357 g/mol. The number of ether oxygens (including phenoxy) is 1. The molecule has 1 heterocycles. The Labute approximate surface area is 145 Å². The summed E-state index contributed by atoms with van der Waals surface area (Å²) in [6, 6.07) is 4.02. The number of amides is 1. The van der Waals surface area contributed by atoms with E-state index in [4.69, 9.17) is 4.74 Å². The van der Waals surface area contributed by atoms with Gasteiger partial charge in [-0.2, -0.15) is 13.2 Å². The second-order valence-corrected chi connectivity index (χ2v) is 5.08. The first-order chi connectivity index (χ1) is 12.1. The number of aromatic nitrogens is 1. The molecule has 1 aromatic heterocycles. The molecule has 0 aliphatic carbocycles. The van der Waals surface area contributed by atoms with Gasteiger partial charge < -0.3 is 4.74 Å². The van der Waals surface area contributed by atoms with E-state index >= 15 is 0 Å². The number of anilines is 1. The number of benzene rings is 1. The molecule has 8 nitrogen and oxygen atoms in total. The van der Waals surface area contributed by atoms with Gasteiger partial charge in [0.25, 0.3) is 5.91 Å². The average molecular weight is 370 g/mol. The topological polar surface area (TPSA) is 106 Å². The fourth-order valence-corrected chi connectivity index (χ4v) is 2.19. The molecule has 0 aliphatic heterocycles. The maximum absolute atomic E-state index is 12.9. The van der Waals surface area contributed by atoms with Gasteiger partial charge in [0.15, 0.2) is 0 Å². The van der Waals surface area contributed by atoms with E-state index < -0.39 is 22.6 Å². The Morgan fingerprint density at radius 1 is 1.35 bits per heavy atom. The number of hydrazine groups is 1.